The Balaban J connectivity index is 2.09. The van der Waals surface area contributed by atoms with Crippen molar-refractivity contribution >= 4 is 15.7 Å². The van der Waals surface area contributed by atoms with E-state index in [4.69, 9.17) is 9.94 Å². The number of ether oxygens (including phenoxy) is 1. The van der Waals surface area contributed by atoms with Gasteiger partial charge in [-0.05, 0) is 25.0 Å². The zero-order chi connectivity index (χ0) is 20.1. The Morgan fingerprint density at radius 3 is 2.48 bits per heavy atom. The number of rotatable bonds is 8. The predicted octanol–water partition coefficient (Wildman–Crippen LogP) is 1.13. The van der Waals surface area contributed by atoms with E-state index in [9.17, 15) is 18.0 Å². The lowest BCUT2D eigenvalue weighted by atomic mass is 10.1. The molecule has 0 spiro atoms. The first-order valence-corrected chi connectivity index (χ1v) is 10.1. The zero-order valence-corrected chi connectivity index (χ0v) is 15.9. The van der Waals surface area contributed by atoms with Gasteiger partial charge in [-0.25, -0.2) is 13.9 Å². The number of carbonyl (C=O) groups excluding carboxylic acids is 1. The highest BCUT2D eigenvalue weighted by atomic mass is 32.2. The van der Waals surface area contributed by atoms with Gasteiger partial charge in [0.2, 0.25) is 0 Å². The molecule has 0 aliphatic rings. The van der Waals surface area contributed by atoms with Crippen LogP contribution in [0.3, 0.4) is 0 Å². The van der Waals surface area contributed by atoms with Gasteiger partial charge >= 0.3 is 0 Å². The molecule has 2 N–H and O–H groups in total. The van der Waals surface area contributed by atoms with Crippen molar-refractivity contribution in [1.82, 2.24) is 10.0 Å². The van der Waals surface area contributed by atoms with E-state index < -0.39 is 20.5 Å². The number of aromatic nitrogens is 1. The minimum absolute atomic E-state index is 0.0191. The second-order valence-corrected chi connectivity index (χ2v) is 8.81. The van der Waals surface area contributed by atoms with E-state index in [-0.39, 0.29) is 18.5 Å². The average Bonchev–Trinajstić information content (AvgIpc) is 2.64. The summed E-state index contributed by atoms with van der Waals surface area (Å²) in [6, 6.07) is 12.4. The molecule has 9 heteroatoms. The second-order valence-electron chi connectivity index (χ2n) is 6.36. The first-order valence-electron chi connectivity index (χ1n) is 8.19. The maximum atomic E-state index is 12.2. The van der Waals surface area contributed by atoms with Gasteiger partial charge < -0.3 is 9.30 Å². The van der Waals surface area contributed by atoms with Crippen molar-refractivity contribution in [2.45, 2.75) is 31.2 Å². The lowest BCUT2D eigenvalue weighted by Crippen LogP contribution is -2.49. The summed E-state index contributed by atoms with van der Waals surface area (Å²) in [5.41, 5.74) is 1.95. The number of amides is 1. The molecule has 0 saturated heterocycles. The summed E-state index contributed by atoms with van der Waals surface area (Å²) in [5, 5.41) is 8.83. The Morgan fingerprint density at radius 2 is 1.93 bits per heavy atom. The Hall–Kier alpha value is -2.65. The second kappa shape index (κ2) is 8.36. The summed E-state index contributed by atoms with van der Waals surface area (Å²) >= 11 is 0. The quantitative estimate of drug-likeness (QED) is 0.512. The molecule has 8 nitrogen and oxygen atoms in total. The van der Waals surface area contributed by atoms with Crippen LogP contribution in [0.1, 0.15) is 18.9 Å². The largest absolute Gasteiger partial charge is 0.489 e. The van der Waals surface area contributed by atoms with Crippen molar-refractivity contribution in [3.63, 3.8) is 0 Å². The Morgan fingerprint density at radius 1 is 1.26 bits per heavy atom. The van der Waals surface area contributed by atoms with Gasteiger partial charge in [-0.1, -0.05) is 30.3 Å². The lowest BCUT2D eigenvalue weighted by molar-refractivity contribution is -0.131. The minimum Gasteiger partial charge on any atom is -0.489 e. The molecule has 2 rings (SSSR count). The van der Waals surface area contributed by atoms with E-state index in [2.05, 4.69) is 0 Å². The molecule has 1 unspecified atom stereocenters. The summed E-state index contributed by atoms with van der Waals surface area (Å²) < 4.78 is 28.9. The molecule has 0 fully saturated rings. The fourth-order valence-electron chi connectivity index (χ4n) is 2.42. The number of nitrogens with one attached hydrogen (secondary N) is 1. The molecule has 0 aliphatic carbocycles. The van der Waals surface area contributed by atoms with Crippen molar-refractivity contribution in [1.29, 1.82) is 0 Å². The van der Waals surface area contributed by atoms with E-state index in [1.54, 1.807) is 6.07 Å². The maximum absolute atomic E-state index is 12.2. The molecule has 1 aromatic heterocycles. The molecule has 1 heterocycles. The van der Waals surface area contributed by atoms with Gasteiger partial charge in [0.1, 0.15) is 12.4 Å². The van der Waals surface area contributed by atoms with Crippen LogP contribution in [-0.4, -0.2) is 35.1 Å². The van der Waals surface area contributed by atoms with Crippen molar-refractivity contribution in [2.24, 2.45) is 0 Å². The third-order valence-corrected chi connectivity index (χ3v) is 6.47. The van der Waals surface area contributed by atoms with Gasteiger partial charge in [0.25, 0.3) is 11.5 Å². The molecule has 1 aromatic carbocycles. The van der Waals surface area contributed by atoms with Crippen LogP contribution >= 0.6 is 0 Å². The molecule has 1 amide bonds. The first-order chi connectivity index (χ1) is 12.7. The summed E-state index contributed by atoms with van der Waals surface area (Å²) in [5.74, 6) is -0.653. The molecule has 0 bridgehead atoms. The van der Waals surface area contributed by atoms with Crippen LogP contribution in [0, 0.1) is 0 Å². The number of carbonyl (C=O) groups is 1. The van der Waals surface area contributed by atoms with Crippen molar-refractivity contribution in [3.05, 3.63) is 64.6 Å². The van der Waals surface area contributed by atoms with Gasteiger partial charge in [-0.2, -0.15) is 0 Å². The number of sulfone groups is 1. The monoisotopic (exact) mass is 394 g/mol. The number of hydrogen-bond donors (Lipinski definition) is 2. The van der Waals surface area contributed by atoms with Gasteiger partial charge in [-0.15, -0.1) is 0 Å². The average molecular weight is 394 g/mol. The van der Waals surface area contributed by atoms with Crippen LogP contribution in [0.4, 0.5) is 0 Å². The van der Waals surface area contributed by atoms with E-state index in [0.717, 1.165) is 11.8 Å². The first kappa shape index (κ1) is 20.7. The molecule has 0 aliphatic heterocycles. The van der Waals surface area contributed by atoms with Crippen molar-refractivity contribution in [2.75, 3.05) is 6.26 Å². The Labute approximate surface area is 157 Å². The third kappa shape index (κ3) is 4.95. The minimum atomic E-state index is -3.82. The van der Waals surface area contributed by atoms with Crippen molar-refractivity contribution < 1.29 is 23.2 Å². The smallest absolute Gasteiger partial charge is 0.264 e. The Kier molecular flexibility index (Phi) is 6.40. The molecule has 146 valence electrons. The Bertz CT molecular complexity index is 955. The SMILES string of the molecule is CC(CCn1ccc(OCc2ccccc2)cc1=O)(C(=O)NO)S(C)(=O)=O. The molecule has 0 saturated carbocycles. The number of aryl methyl sites for hydroxylation is 1. The fraction of sp³-hybridized carbons (Fsp3) is 0.333. The number of hydroxylamine groups is 1. The maximum Gasteiger partial charge on any atom is 0.264 e. The van der Waals surface area contributed by atoms with E-state index in [1.165, 1.54) is 29.2 Å². The molecule has 27 heavy (non-hydrogen) atoms. The molecule has 1 atom stereocenters. The van der Waals surface area contributed by atoms with Gasteiger partial charge in [0, 0.05) is 25.1 Å². The summed E-state index contributed by atoms with van der Waals surface area (Å²) in [6.07, 6.45) is 2.20. The summed E-state index contributed by atoms with van der Waals surface area (Å²) in [4.78, 5) is 24.1. The van der Waals surface area contributed by atoms with Crippen LogP contribution < -0.4 is 15.8 Å². The van der Waals surface area contributed by atoms with Crippen molar-refractivity contribution in [3.8, 4) is 5.75 Å². The van der Waals surface area contributed by atoms with Crippen LogP contribution in [0.15, 0.2) is 53.5 Å². The molecule has 2 aromatic rings. The molecular weight excluding hydrogens is 372 g/mol. The molecule has 0 radical (unpaired) electrons. The number of hydrogen-bond acceptors (Lipinski definition) is 6. The number of pyridine rings is 1. The number of benzene rings is 1. The van der Waals surface area contributed by atoms with Gasteiger partial charge in [-0.3, -0.25) is 14.8 Å². The highest BCUT2D eigenvalue weighted by Gasteiger charge is 2.43. The van der Waals surface area contributed by atoms with Crippen LogP contribution in [0.25, 0.3) is 0 Å². The fourth-order valence-corrected chi connectivity index (χ4v) is 3.27. The van der Waals surface area contributed by atoms with E-state index >= 15 is 0 Å². The summed E-state index contributed by atoms with van der Waals surface area (Å²) in [6.45, 7) is 1.50. The van der Waals surface area contributed by atoms with Crippen LogP contribution in [0.5, 0.6) is 5.75 Å². The topological polar surface area (TPSA) is 115 Å². The van der Waals surface area contributed by atoms with Gasteiger partial charge in [0.15, 0.2) is 14.6 Å². The number of nitrogens with zero attached hydrogens (tertiary/aromatic N) is 1. The normalized spacial score (nSPS) is 13.6. The van der Waals surface area contributed by atoms with E-state index in [0.29, 0.717) is 12.4 Å². The molecular formula is C18H22N2O6S. The standard InChI is InChI=1S/C18H22N2O6S/c1-18(17(22)19-23,27(2,24)25)9-11-20-10-8-15(12-16(20)21)26-13-14-6-4-3-5-7-14/h3-8,10,12,23H,9,11,13H2,1-2H3,(H,19,22). The van der Waals surface area contributed by atoms with Gasteiger partial charge in [0.05, 0.1) is 0 Å². The highest BCUT2D eigenvalue weighted by Crippen LogP contribution is 2.22. The predicted molar refractivity (Wildman–Crippen MR) is 99.3 cm³/mol. The highest BCUT2D eigenvalue weighted by molar-refractivity contribution is 7.92. The van der Waals surface area contributed by atoms with E-state index in [1.807, 2.05) is 30.3 Å². The summed E-state index contributed by atoms with van der Waals surface area (Å²) in [7, 11) is -3.82. The van der Waals surface area contributed by atoms with Crippen LogP contribution in [-0.2, 0) is 27.8 Å². The lowest BCUT2D eigenvalue weighted by Gasteiger charge is -2.25. The van der Waals surface area contributed by atoms with Crippen LogP contribution in [0.2, 0.25) is 0 Å². The zero-order valence-electron chi connectivity index (χ0n) is 15.1. The third-order valence-electron chi connectivity index (χ3n) is 4.45.